The van der Waals surface area contributed by atoms with Crippen LogP contribution in [-0.4, -0.2) is 44.0 Å². The van der Waals surface area contributed by atoms with E-state index in [4.69, 9.17) is 4.74 Å². The number of hydrogen-bond acceptors (Lipinski definition) is 8. The third-order valence-electron chi connectivity index (χ3n) is 3.90. The predicted molar refractivity (Wildman–Crippen MR) is 113 cm³/mol. The first-order valence-electron chi connectivity index (χ1n) is 9.22. The van der Waals surface area contributed by atoms with Crippen LogP contribution in [0.5, 0.6) is 0 Å². The topological polar surface area (TPSA) is 99.0 Å². The fourth-order valence-corrected chi connectivity index (χ4v) is 4.11. The van der Waals surface area contributed by atoms with Crippen molar-refractivity contribution >= 4 is 40.1 Å². The van der Waals surface area contributed by atoms with Gasteiger partial charge in [-0.15, -0.1) is 21.5 Å². The summed E-state index contributed by atoms with van der Waals surface area (Å²) in [5.41, 5.74) is 1.30. The summed E-state index contributed by atoms with van der Waals surface area (Å²) in [6, 6.07) is 6.02. The number of hydrogen-bond donors (Lipinski definition) is 1. The van der Waals surface area contributed by atoms with E-state index in [-0.39, 0.29) is 29.9 Å². The van der Waals surface area contributed by atoms with Crippen molar-refractivity contribution in [1.82, 2.24) is 19.7 Å². The Morgan fingerprint density at radius 1 is 1.23 bits per heavy atom. The molecule has 3 aromatic rings. The smallest absolute Gasteiger partial charge is 0.311 e. The SMILES string of the molecule is CCOC(=O)Cc1csc(NC(=O)CSc2nnc(-c3ccc(F)cc3)n2CC)n1. The number of halogens is 1. The van der Waals surface area contributed by atoms with Gasteiger partial charge in [0, 0.05) is 17.5 Å². The molecule has 0 fully saturated rings. The maximum Gasteiger partial charge on any atom is 0.311 e. The molecule has 1 N–H and O–H groups in total. The summed E-state index contributed by atoms with van der Waals surface area (Å²) in [6.45, 7) is 4.60. The average molecular weight is 450 g/mol. The minimum atomic E-state index is -0.355. The van der Waals surface area contributed by atoms with Crippen LogP contribution in [0.4, 0.5) is 9.52 Å². The monoisotopic (exact) mass is 449 g/mol. The molecule has 8 nitrogen and oxygen atoms in total. The second-order valence-electron chi connectivity index (χ2n) is 6.02. The van der Waals surface area contributed by atoms with Crippen molar-refractivity contribution in [3.63, 3.8) is 0 Å². The quantitative estimate of drug-likeness (QED) is 0.395. The van der Waals surface area contributed by atoms with Crippen molar-refractivity contribution in [1.29, 1.82) is 0 Å². The number of aromatic nitrogens is 4. The van der Waals surface area contributed by atoms with Crippen molar-refractivity contribution in [2.45, 2.75) is 32.0 Å². The highest BCUT2D eigenvalue weighted by Gasteiger charge is 2.16. The number of ether oxygens (including phenoxy) is 1. The molecule has 0 aliphatic carbocycles. The normalized spacial score (nSPS) is 10.8. The molecule has 2 heterocycles. The van der Waals surface area contributed by atoms with Crippen molar-refractivity contribution in [2.24, 2.45) is 0 Å². The number of thioether (sulfide) groups is 1. The summed E-state index contributed by atoms with van der Waals surface area (Å²) < 4.78 is 19.9. The van der Waals surface area contributed by atoms with Gasteiger partial charge in [-0.2, -0.15) is 0 Å². The Labute approximate surface area is 180 Å². The Kier molecular flexibility index (Phi) is 7.52. The zero-order valence-electron chi connectivity index (χ0n) is 16.4. The summed E-state index contributed by atoms with van der Waals surface area (Å²) in [6.07, 6.45) is 0.0702. The van der Waals surface area contributed by atoms with E-state index in [1.165, 1.54) is 35.2 Å². The summed E-state index contributed by atoms with van der Waals surface area (Å²) in [5, 5.41) is 13.8. The number of carbonyl (C=O) groups excluding carboxylic acids is 2. The van der Waals surface area contributed by atoms with Gasteiger partial charge in [-0.3, -0.25) is 9.59 Å². The van der Waals surface area contributed by atoms with E-state index in [1.54, 1.807) is 24.4 Å². The van der Waals surface area contributed by atoms with Crippen molar-refractivity contribution in [2.75, 3.05) is 17.7 Å². The van der Waals surface area contributed by atoms with Crippen LogP contribution in [0.2, 0.25) is 0 Å². The highest BCUT2D eigenvalue weighted by atomic mass is 32.2. The highest BCUT2D eigenvalue weighted by Crippen LogP contribution is 2.24. The van der Waals surface area contributed by atoms with E-state index >= 15 is 0 Å². The number of esters is 1. The first-order chi connectivity index (χ1) is 14.5. The molecule has 0 bridgehead atoms. The van der Waals surface area contributed by atoms with Crippen LogP contribution in [0.1, 0.15) is 19.5 Å². The van der Waals surface area contributed by atoms with Crippen LogP contribution in [0.15, 0.2) is 34.8 Å². The van der Waals surface area contributed by atoms with E-state index in [0.717, 1.165) is 5.56 Å². The Balaban J connectivity index is 1.58. The zero-order chi connectivity index (χ0) is 21.5. The fraction of sp³-hybridized carbons (Fsp3) is 0.316. The van der Waals surface area contributed by atoms with Crippen LogP contribution in [-0.2, 0) is 27.3 Å². The molecule has 11 heteroatoms. The summed E-state index contributed by atoms with van der Waals surface area (Å²) in [4.78, 5) is 28.0. The second kappa shape index (κ2) is 10.3. The van der Waals surface area contributed by atoms with Crippen LogP contribution in [0, 0.1) is 5.82 Å². The third-order valence-corrected chi connectivity index (χ3v) is 5.67. The average Bonchev–Trinajstić information content (AvgIpc) is 3.33. The summed E-state index contributed by atoms with van der Waals surface area (Å²) >= 11 is 2.49. The van der Waals surface area contributed by atoms with Crippen LogP contribution >= 0.6 is 23.1 Å². The van der Waals surface area contributed by atoms with E-state index in [9.17, 15) is 14.0 Å². The Morgan fingerprint density at radius 3 is 2.70 bits per heavy atom. The molecule has 30 heavy (non-hydrogen) atoms. The zero-order valence-corrected chi connectivity index (χ0v) is 18.1. The number of thiazole rings is 1. The molecule has 0 spiro atoms. The third kappa shape index (κ3) is 5.63. The second-order valence-corrected chi connectivity index (χ2v) is 7.82. The maximum atomic E-state index is 13.2. The molecule has 2 aromatic heterocycles. The Morgan fingerprint density at radius 2 is 2.00 bits per heavy atom. The van der Waals surface area contributed by atoms with Crippen LogP contribution in [0.3, 0.4) is 0 Å². The number of rotatable bonds is 9. The number of nitrogens with one attached hydrogen (secondary N) is 1. The number of nitrogens with zero attached hydrogens (tertiary/aromatic N) is 4. The molecular weight excluding hydrogens is 429 g/mol. The first-order valence-corrected chi connectivity index (χ1v) is 11.1. The molecule has 1 aromatic carbocycles. The van der Waals surface area contributed by atoms with E-state index in [0.29, 0.717) is 35.0 Å². The molecule has 0 unspecified atom stereocenters. The maximum absolute atomic E-state index is 13.2. The molecule has 158 valence electrons. The molecule has 0 radical (unpaired) electrons. The summed E-state index contributed by atoms with van der Waals surface area (Å²) in [5.74, 6) is -0.184. The largest absolute Gasteiger partial charge is 0.466 e. The number of carbonyl (C=O) groups is 2. The van der Waals surface area contributed by atoms with Crippen LogP contribution in [0.25, 0.3) is 11.4 Å². The van der Waals surface area contributed by atoms with E-state index < -0.39 is 0 Å². The lowest BCUT2D eigenvalue weighted by Gasteiger charge is -2.07. The molecule has 0 saturated heterocycles. The Hall–Kier alpha value is -2.79. The first kappa shape index (κ1) is 21.9. The molecule has 0 saturated carbocycles. The van der Waals surface area contributed by atoms with Gasteiger partial charge in [0.2, 0.25) is 5.91 Å². The van der Waals surface area contributed by atoms with Crippen molar-refractivity contribution in [3.05, 3.63) is 41.2 Å². The predicted octanol–water partition coefficient (Wildman–Crippen LogP) is 3.40. The lowest BCUT2D eigenvalue weighted by Crippen LogP contribution is -2.15. The Bertz CT molecular complexity index is 1020. The fourth-order valence-electron chi connectivity index (χ4n) is 2.58. The number of benzene rings is 1. The van der Waals surface area contributed by atoms with Gasteiger partial charge in [0.15, 0.2) is 16.1 Å². The molecular formula is C19H20FN5O3S2. The van der Waals surface area contributed by atoms with Gasteiger partial charge in [-0.1, -0.05) is 11.8 Å². The van der Waals surface area contributed by atoms with Crippen LogP contribution < -0.4 is 5.32 Å². The minimum absolute atomic E-state index is 0.0702. The molecule has 3 rings (SSSR count). The van der Waals surface area contributed by atoms with E-state index in [1.807, 2.05) is 11.5 Å². The van der Waals surface area contributed by atoms with Crippen molar-refractivity contribution in [3.8, 4) is 11.4 Å². The van der Waals surface area contributed by atoms with Gasteiger partial charge < -0.3 is 14.6 Å². The van der Waals surface area contributed by atoms with Gasteiger partial charge in [-0.25, -0.2) is 9.37 Å². The number of anilines is 1. The number of amides is 1. The highest BCUT2D eigenvalue weighted by molar-refractivity contribution is 7.99. The standard InChI is InChI=1S/C19H20FN5O3S2/c1-3-25-17(12-5-7-13(20)8-6-12)23-24-19(25)30-11-15(26)22-18-21-14(10-29-18)9-16(27)28-4-2/h5-8,10H,3-4,9,11H2,1-2H3,(H,21,22,26). The van der Waals surface area contributed by atoms with Gasteiger partial charge >= 0.3 is 5.97 Å². The minimum Gasteiger partial charge on any atom is -0.466 e. The van der Waals surface area contributed by atoms with Gasteiger partial charge in [-0.05, 0) is 38.1 Å². The molecule has 0 aliphatic rings. The van der Waals surface area contributed by atoms with Gasteiger partial charge in [0.25, 0.3) is 0 Å². The van der Waals surface area contributed by atoms with Gasteiger partial charge in [0.05, 0.1) is 24.5 Å². The van der Waals surface area contributed by atoms with Crippen molar-refractivity contribution < 1.29 is 18.7 Å². The summed E-state index contributed by atoms with van der Waals surface area (Å²) in [7, 11) is 0. The molecule has 1 amide bonds. The van der Waals surface area contributed by atoms with Gasteiger partial charge in [0.1, 0.15) is 5.82 Å². The lowest BCUT2D eigenvalue weighted by molar-refractivity contribution is -0.142. The van der Waals surface area contributed by atoms with E-state index in [2.05, 4.69) is 20.5 Å². The molecule has 0 atom stereocenters. The lowest BCUT2D eigenvalue weighted by atomic mass is 10.2. The molecule has 0 aliphatic heterocycles.